The first-order chi connectivity index (χ1) is 9.61. The zero-order valence-corrected chi connectivity index (χ0v) is 12.8. The Kier molecular flexibility index (Phi) is 8.24. The standard InChI is InChI=1S/C15H28N4O/c1-13(2)10-17-11-14-4-8-19(9-5-14)12-15(20)18-7-3-6-16/h13-14,17H,3-5,7-12H2,1-2H3,(H,18,20). The molecule has 0 radical (unpaired) electrons. The fourth-order valence-electron chi connectivity index (χ4n) is 2.44. The van der Waals surface area contributed by atoms with Crippen molar-refractivity contribution in [1.82, 2.24) is 15.5 Å². The lowest BCUT2D eigenvalue weighted by Crippen LogP contribution is -2.43. The van der Waals surface area contributed by atoms with E-state index >= 15 is 0 Å². The Bertz CT molecular complexity index is 316. The second-order valence-electron chi connectivity index (χ2n) is 6.03. The summed E-state index contributed by atoms with van der Waals surface area (Å²) in [5.41, 5.74) is 0. The predicted octanol–water partition coefficient (Wildman–Crippen LogP) is 0.974. The van der Waals surface area contributed by atoms with Crippen LogP contribution in [0, 0.1) is 23.2 Å². The van der Waals surface area contributed by atoms with Crippen molar-refractivity contribution >= 4 is 5.91 Å². The van der Waals surface area contributed by atoms with Gasteiger partial charge in [0.2, 0.25) is 5.91 Å². The molecule has 0 aliphatic carbocycles. The summed E-state index contributed by atoms with van der Waals surface area (Å²) in [4.78, 5) is 13.8. The maximum atomic E-state index is 11.6. The third-order valence-electron chi connectivity index (χ3n) is 3.62. The van der Waals surface area contributed by atoms with Gasteiger partial charge in [0.15, 0.2) is 0 Å². The van der Waals surface area contributed by atoms with Crippen LogP contribution in [-0.4, -0.2) is 50.1 Å². The quantitative estimate of drug-likeness (QED) is 0.650. The van der Waals surface area contributed by atoms with Crippen LogP contribution in [0.5, 0.6) is 0 Å². The summed E-state index contributed by atoms with van der Waals surface area (Å²) in [5, 5.41) is 14.7. The highest BCUT2D eigenvalue weighted by Crippen LogP contribution is 2.16. The first kappa shape index (κ1) is 16.9. The Labute approximate surface area is 122 Å². The number of rotatable bonds is 8. The third-order valence-corrected chi connectivity index (χ3v) is 3.62. The molecule has 20 heavy (non-hydrogen) atoms. The summed E-state index contributed by atoms with van der Waals surface area (Å²) in [6.07, 6.45) is 2.71. The number of hydrogen-bond donors (Lipinski definition) is 2. The molecular weight excluding hydrogens is 252 g/mol. The Morgan fingerprint density at radius 3 is 2.70 bits per heavy atom. The van der Waals surface area contributed by atoms with Gasteiger partial charge in [-0.3, -0.25) is 9.69 Å². The van der Waals surface area contributed by atoms with E-state index in [9.17, 15) is 4.79 Å². The van der Waals surface area contributed by atoms with Gasteiger partial charge in [0.25, 0.3) is 0 Å². The lowest BCUT2D eigenvalue weighted by Gasteiger charge is -2.31. The van der Waals surface area contributed by atoms with Crippen molar-refractivity contribution in [3.63, 3.8) is 0 Å². The van der Waals surface area contributed by atoms with Gasteiger partial charge in [-0.2, -0.15) is 5.26 Å². The van der Waals surface area contributed by atoms with Gasteiger partial charge in [-0.05, 0) is 50.9 Å². The van der Waals surface area contributed by atoms with E-state index in [-0.39, 0.29) is 5.91 Å². The minimum Gasteiger partial charge on any atom is -0.354 e. The third kappa shape index (κ3) is 7.46. The summed E-state index contributed by atoms with van der Waals surface area (Å²) in [6, 6.07) is 2.02. The fraction of sp³-hybridized carbons (Fsp3) is 0.867. The Morgan fingerprint density at radius 1 is 1.40 bits per heavy atom. The van der Waals surface area contributed by atoms with Crippen molar-refractivity contribution in [3.05, 3.63) is 0 Å². The highest BCUT2D eigenvalue weighted by molar-refractivity contribution is 5.78. The van der Waals surface area contributed by atoms with Crippen molar-refractivity contribution < 1.29 is 4.79 Å². The Morgan fingerprint density at radius 2 is 2.10 bits per heavy atom. The van der Waals surface area contributed by atoms with E-state index in [1.165, 1.54) is 0 Å². The van der Waals surface area contributed by atoms with Crippen molar-refractivity contribution in [2.75, 3.05) is 39.3 Å². The number of carbonyl (C=O) groups excluding carboxylic acids is 1. The number of nitriles is 1. The molecule has 0 aromatic carbocycles. The molecule has 1 rings (SSSR count). The van der Waals surface area contributed by atoms with Gasteiger partial charge in [0.05, 0.1) is 19.0 Å². The van der Waals surface area contributed by atoms with Crippen LogP contribution in [0.4, 0.5) is 0 Å². The molecule has 0 aromatic heterocycles. The van der Waals surface area contributed by atoms with Crippen LogP contribution in [0.15, 0.2) is 0 Å². The zero-order chi connectivity index (χ0) is 14.8. The van der Waals surface area contributed by atoms with E-state index in [0.717, 1.165) is 44.9 Å². The second kappa shape index (κ2) is 9.73. The molecule has 1 amide bonds. The Hall–Kier alpha value is -1.12. The van der Waals surface area contributed by atoms with Gasteiger partial charge < -0.3 is 10.6 Å². The first-order valence-electron chi connectivity index (χ1n) is 7.68. The Balaban J connectivity index is 2.09. The molecule has 0 saturated carbocycles. The average Bonchev–Trinajstić information content (AvgIpc) is 2.41. The van der Waals surface area contributed by atoms with Gasteiger partial charge >= 0.3 is 0 Å². The molecule has 1 aliphatic rings. The number of amides is 1. The lowest BCUT2D eigenvalue weighted by atomic mass is 9.96. The van der Waals surface area contributed by atoms with Gasteiger partial charge in [-0.15, -0.1) is 0 Å². The maximum Gasteiger partial charge on any atom is 0.234 e. The van der Waals surface area contributed by atoms with Gasteiger partial charge in [0, 0.05) is 6.54 Å². The van der Waals surface area contributed by atoms with Crippen LogP contribution < -0.4 is 10.6 Å². The molecule has 0 bridgehead atoms. The number of hydrogen-bond acceptors (Lipinski definition) is 4. The number of likely N-dealkylation sites (tertiary alicyclic amines) is 1. The lowest BCUT2D eigenvalue weighted by molar-refractivity contribution is -0.122. The molecule has 1 saturated heterocycles. The van der Waals surface area contributed by atoms with Crippen LogP contribution in [0.1, 0.15) is 33.1 Å². The number of piperidine rings is 1. The molecule has 114 valence electrons. The summed E-state index contributed by atoms with van der Waals surface area (Å²) < 4.78 is 0. The van der Waals surface area contributed by atoms with Crippen molar-refractivity contribution in [2.45, 2.75) is 33.1 Å². The summed E-state index contributed by atoms with van der Waals surface area (Å²) >= 11 is 0. The van der Waals surface area contributed by atoms with Crippen molar-refractivity contribution in [3.8, 4) is 6.07 Å². The van der Waals surface area contributed by atoms with Gasteiger partial charge in [-0.1, -0.05) is 13.8 Å². The maximum absolute atomic E-state index is 11.6. The average molecular weight is 280 g/mol. The fourth-order valence-corrected chi connectivity index (χ4v) is 2.44. The van der Waals surface area contributed by atoms with Crippen LogP contribution in [0.25, 0.3) is 0 Å². The number of nitrogens with one attached hydrogen (secondary N) is 2. The molecular formula is C15H28N4O. The first-order valence-corrected chi connectivity index (χ1v) is 7.68. The molecule has 0 spiro atoms. The molecule has 0 unspecified atom stereocenters. The molecule has 0 atom stereocenters. The smallest absolute Gasteiger partial charge is 0.234 e. The van der Waals surface area contributed by atoms with E-state index in [2.05, 4.69) is 29.4 Å². The normalized spacial score (nSPS) is 17.1. The number of nitrogens with zero attached hydrogens (tertiary/aromatic N) is 2. The topological polar surface area (TPSA) is 68.2 Å². The van der Waals surface area contributed by atoms with Gasteiger partial charge in [-0.25, -0.2) is 0 Å². The molecule has 1 fully saturated rings. The van der Waals surface area contributed by atoms with E-state index in [4.69, 9.17) is 5.26 Å². The highest BCUT2D eigenvalue weighted by atomic mass is 16.2. The highest BCUT2D eigenvalue weighted by Gasteiger charge is 2.20. The second-order valence-corrected chi connectivity index (χ2v) is 6.03. The summed E-state index contributed by atoms with van der Waals surface area (Å²) in [7, 11) is 0. The van der Waals surface area contributed by atoms with Crippen molar-refractivity contribution in [1.29, 1.82) is 5.26 Å². The summed E-state index contributed by atoms with van der Waals surface area (Å²) in [6.45, 7) is 9.56. The van der Waals surface area contributed by atoms with Crippen molar-refractivity contribution in [2.24, 2.45) is 11.8 Å². The largest absolute Gasteiger partial charge is 0.354 e. The molecule has 1 heterocycles. The minimum absolute atomic E-state index is 0.0385. The molecule has 5 heteroatoms. The molecule has 5 nitrogen and oxygen atoms in total. The van der Waals surface area contributed by atoms with Crippen LogP contribution >= 0.6 is 0 Å². The molecule has 1 aliphatic heterocycles. The van der Waals surface area contributed by atoms with E-state index < -0.39 is 0 Å². The molecule has 2 N–H and O–H groups in total. The van der Waals surface area contributed by atoms with Crippen LogP contribution in [0.2, 0.25) is 0 Å². The van der Waals surface area contributed by atoms with E-state index in [1.807, 2.05) is 6.07 Å². The SMILES string of the molecule is CC(C)CNCC1CCN(CC(=O)NCCC#N)CC1. The molecule has 0 aromatic rings. The number of carbonyl (C=O) groups is 1. The predicted molar refractivity (Wildman–Crippen MR) is 80.1 cm³/mol. The van der Waals surface area contributed by atoms with Gasteiger partial charge in [0.1, 0.15) is 0 Å². The monoisotopic (exact) mass is 280 g/mol. The van der Waals surface area contributed by atoms with Crippen LogP contribution in [0.3, 0.4) is 0 Å². The summed E-state index contributed by atoms with van der Waals surface area (Å²) in [5.74, 6) is 1.48. The van der Waals surface area contributed by atoms with E-state index in [0.29, 0.717) is 25.4 Å². The zero-order valence-electron chi connectivity index (χ0n) is 12.8. The minimum atomic E-state index is 0.0385. The van der Waals surface area contributed by atoms with E-state index in [1.54, 1.807) is 0 Å². The van der Waals surface area contributed by atoms with Crippen LogP contribution in [-0.2, 0) is 4.79 Å².